The zero-order chi connectivity index (χ0) is 43.0. The molecule has 1 unspecified atom stereocenters. The van der Waals surface area contributed by atoms with Crippen molar-refractivity contribution < 1.29 is 28.6 Å². The molecule has 0 aromatic heterocycles. The Morgan fingerprint density at radius 2 is 0.678 bits per heavy atom. The van der Waals surface area contributed by atoms with E-state index in [1.165, 1.54) is 103 Å². The normalized spacial score (nSPS) is 12.5. The molecule has 0 aromatic carbocycles. The van der Waals surface area contributed by atoms with Crippen molar-refractivity contribution in [2.75, 3.05) is 13.2 Å². The summed E-state index contributed by atoms with van der Waals surface area (Å²) in [5.41, 5.74) is 0. The number of esters is 3. The summed E-state index contributed by atoms with van der Waals surface area (Å²) in [4.78, 5) is 37.8. The van der Waals surface area contributed by atoms with Gasteiger partial charge in [0.2, 0.25) is 0 Å². The van der Waals surface area contributed by atoms with Gasteiger partial charge in [-0.2, -0.15) is 0 Å². The van der Waals surface area contributed by atoms with Gasteiger partial charge in [-0.1, -0.05) is 184 Å². The van der Waals surface area contributed by atoms with E-state index in [4.69, 9.17) is 14.2 Å². The Morgan fingerprint density at radius 1 is 0.356 bits per heavy atom. The Hall–Kier alpha value is -2.89. The molecule has 0 fully saturated rings. The van der Waals surface area contributed by atoms with Crippen molar-refractivity contribution in [3.63, 3.8) is 0 Å². The molecular weight excluding hydrogens is 733 g/mol. The van der Waals surface area contributed by atoms with E-state index in [1.54, 1.807) is 0 Å². The monoisotopic (exact) mass is 825 g/mol. The average Bonchev–Trinajstić information content (AvgIpc) is 3.23. The number of hydrogen-bond acceptors (Lipinski definition) is 6. The van der Waals surface area contributed by atoms with Crippen LogP contribution in [0.2, 0.25) is 0 Å². The van der Waals surface area contributed by atoms with Gasteiger partial charge in [0.25, 0.3) is 0 Å². The number of ether oxygens (including phenoxy) is 3. The van der Waals surface area contributed by atoms with Gasteiger partial charge in [-0.3, -0.25) is 14.4 Å². The van der Waals surface area contributed by atoms with E-state index in [0.717, 1.165) is 96.3 Å². The molecule has 340 valence electrons. The molecule has 0 radical (unpaired) electrons. The maximum absolute atomic E-state index is 12.7. The van der Waals surface area contributed by atoms with Crippen LogP contribution in [-0.2, 0) is 28.6 Å². The summed E-state index contributed by atoms with van der Waals surface area (Å²) in [5.74, 6) is -0.945. The lowest BCUT2D eigenvalue weighted by Gasteiger charge is -2.18. The average molecular weight is 825 g/mol. The molecular formula is C53H92O6. The van der Waals surface area contributed by atoms with E-state index in [0.29, 0.717) is 19.3 Å². The predicted octanol–water partition coefficient (Wildman–Crippen LogP) is 16.1. The molecule has 0 bridgehead atoms. The summed E-state index contributed by atoms with van der Waals surface area (Å²) in [5, 5.41) is 0. The first-order valence-corrected chi connectivity index (χ1v) is 24.8. The minimum Gasteiger partial charge on any atom is -0.462 e. The van der Waals surface area contributed by atoms with Gasteiger partial charge in [-0.25, -0.2) is 0 Å². The second-order valence-electron chi connectivity index (χ2n) is 16.4. The first kappa shape index (κ1) is 56.1. The molecule has 0 rings (SSSR count). The third-order valence-corrected chi connectivity index (χ3v) is 10.5. The maximum Gasteiger partial charge on any atom is 0.306 e. The molecule has 0 amide bonds. The van der Waals surface area contributed by atoms with Crippen molar-refractivity contribution >= 4 is 17.9 Å². The maximum atomic E-state index is 12.7. The summed E-state index contributed by atoms with van der Waals surface area (Å²) >= 11 is 0. The number of allylic oxidation sites excluding steroid dienone is 10. The molecule has 0 N–H and O–H groups in total. The Labute approximate surface area is 364 Å². The predicted molar refractivity (Wildman–Crippen MR) is 251 cm³/mol. The zero-order valence-corrected chi connectivity index (χ0v) is 38.8. The van der Waals surface area contributed by atoms with Gasteiger partial charge in [0.15, 0.2) is 6.10 Å². The van der Waals surface area contributed by atoms with Crippen LogP contribution in [0, 0.1) is 0 Å². The molecule has 0 spiro atoms. The summed E-state index contributed by atoms with van der Waals surface area (Å²) < 4.78 is 16.7. The standard InChI is InChI=1S/C53H92O6/c1-4-7-10-13-16-19-22-24-25-26-27-29-31-34-37-40-43-46-52(55)58-49-50(48-57-51(54)45-42-39-36-33-30-21-18-15-12-9-6-3)59-53(56)47-44-41-38-35-32-28-23-20-17-14-11-8-5-2/h15-16,18-19,21,24-25,28,30,32,50H,4-14,17,20,22-23,26-27,29,31,33-49H2,1-3H3/b18-15-,19-16-,25-24-,30-21-,32-28-. The zero-order valence-electron chi connectivity index (χ0n) is 38.8. The van der Waals surface area contributed by atoms with E-state index in [9.17, 15) is 14.4 Å². The summed E-state index contributed by atoms with van der Waals surface area (Å²) in [6, 6.07) is 0. The van der Waals surface area contributed by atoms with Crippen molar-refractivity contribution in [2.24, 2.45) is 0 Å². The molecule has 0 aliphatic heterocycles. The van der Waals surface area contributed by atoms with E-state index in [-0.39, 0.29) is 31.1 Å². The highest BCUT2D eigenvalue weighted by Crippen LogP contribution is 2.13. The molecule has 0 aliphatic rings. The third-order valence-electron chi connectivity index (χ3n) is 10.5. The molecule has 6 nitrogen and oxygen atoms in total. The fraction of sp³-hybridized carbons (Fsp3) is 0.755. The minimum absolute atomic E-state index is 0.0931. The van der Waals surface area contributed by atoms with Gasteiger partial charge < -0.3 is 14.2 Å². The van der Waals surface area contributed by atoms with Crippen LogP contribution in [0.5, 0.6) is 0 Å². The van der Waals surface area contributed by atoms with Gasteiger partial charge >= 0.3 is 17.9 Å². The van der Waals surface area contributed by atoms with Gasteiger partial charge in [-0.15, -0.1) is 0 Å². The van der Waals surface area contributed by atoms with Crippen LogP contribution < -0.4 is 0 Å². The largest absolute Gasteiger partial charge is 0.462 e. The first-order valence-electron chi connectivity index (χ1n) is 24.8. The van der Waals surface area contributed by atoms with Crippen LogP contribution in [0.15, 0.2) is 60.8 Å². The molecule has 6 heteroatoms. The van der Waals surface area contributed by atoms with Crippen LogP contribution in [0.25, 0.3) is 0 Å². The number of carbonyl (C=O) groups excluding carboxylic acids is 3. The van der Waals surface area contributed by atoms with E-state index >= 15 is 0 Å². The smallest absolute Gasteiger partial charge is 0.306 e. The van der Waals surface area contributed by atoms with Gasteiger partial charge in [0, 0.05) is 19.3 Å². The minimum atomic E-state index is -0.794. The highest BCUT2D eigenvalue weighted by atomic mass is 16.6. The van der Waals surface area contributed by atoms with Crippen molar-refractivity contribution in [3.05, 3.63) is 60.8 Å². The van der Waals surface area contributed by atoms with E-state index < -0.39 is 6.10 Å². The van der Waals surface area contributed by atoms with E-state index in [2.05, 4.69) is 81.5 Å². The Balaban J connectivity index is 4.41. The van der Waals surface area contributed by atoms with Crippen LogP contribution >= 0.6 is 0 Å². The molecule has 0 heterocycles. The molecule has 0 saturated heterocycles. The van der Waals surface area contributed by atoms with Crippen molar-refractivity contribution in [3.8, 4) is 0 Å². The summed E-state index contributed by atoms with van der Waals surface area (Å²) in [6.45, 7) is 6.50. The lowest BCUT2D eigenvalue weighted by Crippen LogP contribution is -2.30. The second kappa shape index (κ2) is 47.8. The number of carbonyl (C=O) groups is 3. The fourth-order valence-electron chi connectivity index (χ4n) is 6.68. The third kappa shape index (κ3) is 46.0. The van der Waals surface area contributed by atoms with Gasteiger partial charge in [0.05, 0.1) is 0 Å². The molecule has 0 saturated carbocycles. The molecule has 59 heavy (non-hydrogen) atoms. The SMILES string of the molecule is CCCC/C=C\C=C/CCCCCC(=O)OCC(COC(=O)CCCCCCCCC/C=C\C/C=C\CCCCC)OC(=O)CCCCC/C=C\CCCCCCCC. The number of rotatable bonds is 44. The first-order chi connectivity index (χ1) is 29.0. The van der Waals surface area contributed by atoms with Crippen molar-refractivity contribution in [2.45, 2.75) is 245 Å². The van der Waals surface area contributed by atoms with Crippen molar-refractivity contribution in [1.82, 2.24) is 0 Å². The van der Waals surface area contributed by atoms with Crippen LogP contribution in [0.4, 0.5) is 0 Å². The summed E-state index contributed by atoms with van der Waals surface area (Å²) in [7, 11) is 0. The van der Waals surface area contributed by atoms with Crippen molar-refractivity contribution in [1.29, 1.82) is 0 Å². The lowest BCUT2D eigenvalue weighted by molar-refractivity contribution is -0.167. The lowest BCUT2D eigenvalue weighted by atomic mass is 10.1. The Kier molecular flexibility index (Phi) is 45.4. The molecule has 1 atom stereocenters. The molecule has 0 aliphatic carbocycles. The summed E-state index contributed by atoms with van der Waals surface area (Å²) in [6.07, 6.45) is 57.7. The van der Waals surface area contributed by atoms with E-state index in [1.807, 2.05) is 0 Å². The topological polar surface area (TPSA) is 78.9 Å². The molecule has 0 aromatic rings. The highest BCUT2D eigenvalue weighted by Gasteiger charge is 2.19. The number of hydrogen-bond donors (Lipinski definition) is 0. The highest BCUT2D eigenvalue weighted by molar-refractivity contribution is 5.71. The quantitative estimate of drug-likeness (QED) is 0.0200. The van der Waals surface area contributed by atoms with Crippen LogP contribution in [0.1, 0.15) is 239 Å². The number of unbranched alkanes of at least 4 members (excludes halogenated alkanes) is 24. The van der Waals surface area contributed by atoms with Gasteiger partial charge in [0.1, 0.15) is 13.2 Å². The Morgan fingerprint density at radius 3 is 1.15 bits per heavy atom. The fourth-order valence-corrected chi connectivity index (χ4v) is 6.68. The van der Waals surface area contributed by atoms with Crippen LogP contribution in [0.3, 0.4) is 0 Å². The Bertz CT molecular complexity index is 1090. The second-order valence-corrected chi connectivity index (χ2v) is 16.4. The van der Waals surface area contributed by atoms with Crippen LogP contribution in [-0.4, -0.2) is 37.2 Å². The van der Waals surface area contributed by atoms with Gasteiger partial charge in [-0.05, 0) is 96.3 Å².